The van der Waals surface area contributed by atoms with Crippen LogP contribution in [0.3, 0.4) is 0 Å². The fourth-order valence-corrected chi connectivity index (χ4v) is 2.17. The number of halogens is 1. The Labute approximate surface area is 100 Å². The summed E-state index contributed by atoms with van der Waals surface area (Å²) in [5.74, 6) is 0.705. The van der Waals surface area contributed by atoms with Crippen molar-refractivity contribution in [3.63, 3.8) is 0 Å². The molecule has 0 bridgehead atoms. The van der Waals surface area contributed by atoms with Gasteiger partial charge in [-0.3, -0.25) is 0 Å². The highest BCUT2D eigenvalue weighted by Crippen LogP contribution is 2.21. The van der Waals surface area contributed by atoms with Crippen molar-refractivity contribution in [1.29, 1.82) is 0 Å². The van der Waals surface area contributed by atoms with Crippen molar-refractivity contribution in [2.24, 2.45) is 0 Å². The van der Waals surface area contributed by atoms with Gasteiger partial charge in [0.15, 0.2) is 5.82 Å². The van der Waals surface area contributed by atoms with Gasteiger partial charge < -0.3 is 4.74 Å². The van der Waals surface area contributed by atoms with Crippen LogP contribution in [0.4, 0.5) is 0 Å². The van der Waals surface area contributed by atoms with E-state index in [0.717, 1.165) is 0 Å². The maximum absolute atomic E-state index is 5.95. The molecular weight excluding hydrogens is 228 g/mol. The molecule has 0 N–H and O–H groups in total. The number of ether oxygens (including phenoxy) is 1. The second kappa shape index (κ2) is 5.59. The minimum atomic E-state index is -0.165. The average Bonchev–Trinajstić information content (AvgIpc) is 2.87. The van der Waals surface area contributed by atoms with Gasteiger partial charge in [-0.05, 0) is 30.2 Å². The van der Waals surface area contributed by atoms with Gasteiger partial charge in [0.1, 0.15) is 0 Å². The van der Waals surface area contributed by atoms with Crippen molar-refractivity contribution in [1.82, 2.24) is 20.2 Å². The molecular formula is C10H17ClN4O. The van der Waals surface area contributed by atoms with Gasteiger partial charge in [0.05, 0.1) is 24.6 Å². The molecule has 1 saturated carbocycles. The van der Waals surface area contributed by atoms with E-state index in [4.69, 9.17) is 16.3 Å². The lowest BCUT2D eigenvalue weighted by Crippen LogP contribution is -2.15. The molecule has 0 aromatic carbocycles. The summed E-state index contributed by atoms with van der Waals surface area (Å²) in [6.45, 7) is 3.20. The zero-order valence-corrected chi connectivity index (χ0v) is 10.2. The Kier molecular flexibility index (Phi) is 4.12. The number of hydrogen-bond donors (Lipinski definition) is 0. The van der Waals surface area contributed by atoms with Crippen LogP contribution in [-0.2, 0) is 11.3 Å². The van der Waals surface area contributed by atoms with Gasteiger partial charge in [-0.2, -0.15) is 0 Å². The summed E-state index contributed by atoms with van der Waals surface area (Å²) in [6, 6.07) is 0. The molecule has 0 spiro atoms. The molecule has 0 aliphatic heterocycles. The third-order valence-electron chi connectivity index (χ3n) is 2.87. The molecule has 90 valence electrons. The molecule has 5 nitrogen and oxygen atoms in total. The van der Waals surface area contributed by atoms with Crippen molar-refractivity contribution in [3.8, 4) is 0 Å². The summed E-state index contributed by atoms with van der Waals surface area (Å²) < 4.78 is 7.47. The predicted molar refractivity (Wildman–Crippen MR) is 60.3 cm³/mol. The van der Waals surface area contributed by atoms with Gasteiger partial charge in [-0.1, -0.05) is 12.8 Å². The van der Waals surface area contributed by atoms with Gasteiger partial charge >= 0.3 is 0 Å². The van der Waals surface area contributed by atoms with Crippen LogP contribution in [0.5, 0.6) is 0 Å². The molecule has 1 fully saturated rings. The lowest BCUT2D eigenvalue weighted by atomic mass is 10.3. The summed E-state index contributed by atoms with van der Waals surface area (Å²) >= 11 is 5.95. The SMILES string of the molecule is CC(Cl)c1nnnn1CCOC1CCCC1. The molecule has 0 radical (unpaired) electrons. The second-order valence-corrected chi connectivity index (χ2v) is 4.81. The van der Waals surface area contributed by atoms with Crippen LogP contribution < -0.4 is 0 Å². The van der Waals surface area contributed by atoms with Crippen LogP contribution >= 0.6 is 11.6 Å². The van der Waals surface area contributed by atoms with Gasteiger partial charge in [0.2, 0.25) is 0 Å². The summed E-state index contributed by atoms with van der Waals surface area (Å²) in [5, 5.41) is 11.2. The number of aromatic nitrogens is 4. The fraction of sp³-hybridized carbons (Fsp3) is 0.900. The topological polar surface area (TPSA) is 52.8 Å². The molecule has 1 aliphatic carbocycles. The summed E-state index contributed by atoms with van der Waals surface area (Å²) in [4.78, 5) is 0. The molecule has 1 atom stereocenters. The predicted octanol–water partition coefficient (Wildman–Crippen LogP) is 1.93. The number of nitrogens with zero attached hydrogens (tertiary/aromatic N) is 4. The first-order chi connectivity index (χ1) is 7.77. The second-order valence-electron chi connectivity index (χ2n) is 4.15. The monoisotopic (exact) mass is 244 g/mol. The number of tetrazole rings is 1. The van der Waals surface area contributed by atoms with E-state index in [2.05, 4.69) is 15.5 Å². The summed E-state index contributed by atoms with van der Waals surface area (Å²) in [5.41, 5.74) is 0. The largest absolute Gasteiger partial charge is 0.376 e. The Morgan fingerprint density at radius 2 is 2.25 bits per heavy atom. The first kappa shape index (κ1) is 11.8. The van der Waals surface area contributed by atoms with Crippen LogP contribution in [0.2, 0.25) is 0 Å². The molecule has 0 amide bonds. The van der Waals surface area contributed by atoms with E-state index >= 15 is 0 Å². The first-order valence-corrected chi connectivity index (χ1v) is 6.22. The summed E-state index contributed by atoms with van der Waals surface area (Å²) in [6.07, 6.45) is 5.40. The number of rotatable bonds is 5. The maximum Gasteiger partial charge on any atom is 0.168 e. The van der Waals surface area contributed by atoms with E-state index in [9.17, 15) is 0 Å². The first-order valence-electron chi connectivity index (χ1n) is 5.79. The third kappa shape index (κ3) is 2.92. The fourth-order valence-electron chi connectivity index (χ4n) is 2.02. The molecule has 1 heterocycles. The molecule has 6 heteroatoms. The van der Waals surface area contributed by atoms with Crippen molar-refractivity contribution in [2.75, 3.05) is 6.61 Å². The number of hydrogen-bond acceptors (Lipinski definition) is 4. The quantitative estimate of drug-likeness (QED) is 0.743. The van der Waals surface area contributed by atoms with E-state index in [-0.39, 0.29) is 5.38 Å². The molecule has 16 heavy (non-hydrogen) atoms. The smallest absolute Gasteiger partial charge is 0.168 e. The van der Waals surface area contributed by atoms with E-state index in [1.807, 2.05) is 6.92 Å². The lowest BCUT2D eigenvalue weighted by Gasteiger charge is -2.11. The van der Waals surface area contributed by atoms with Gasteiger partial charge in [0.25, 0.3) is 0 Å². The highest BCUT2D eigenvalue weighted by molar-refractivity contribution is 6.20. The Morgan fingerprint density at radius 3 is 2.94 bits per heavy atom. The molecule has 0 saturated heterocycles. The normalized spacial score (nSPS) is 19.1. The van der Waals surface area contributed by atoms with Crippen LogP contribution in [-0.4, -0.2) is 32.9 Å². The minimum Gasteiger partial charge on any atom is -0.376 e. The lowest BCUT2D eigenvalue weighted by molar-refractivity contribution is 0.0508. The van der Waals surface area contributed by atoms with E-state index in [1.54, 1.807) is 4.68 Å². The molecule has 2 rings (SSSR count). The van der Waals surface area contributed by atoms with Crippen molar-refractivity contribution in [3.05, 3.63) is 5.82 Å². The van der Waals surface area contributed by atoms with E-state index < -0.39 is 0 Å². The standard InChI is InChI=1S/C10H17ClN4O/c1-8(11)10-12-13-14-15(10)6-7-16-9-4-2-3-5-9/h8-9H,2-7H2,1H3. The van der Waals surface area contributed by atoms with E-state index in [1.165, 1.54) is 25.7 Å². The van der Waals surface area contributed by atoms with Crippen LogP contribution in [0.15, 0.2) is 0 Å². The zero-order valence-electron chi connectivity index (χ0n) is 9.47. The highest BCUT2D eigenvalue weighted by Gasteiger charge is 2.16. The Morgan fingerprint density at radius 1 is 1.50 bits per heavy atom. The molecule has 1 aromatic heterocycles. The Bertz CT molecular complexity index is 322. The van der Waals surface area contributed by atoms with Crippen LogP contribution in [0, 0.1) is 0 Å². The van der Waals surface area contributed by atoms with E-state index in [0.29, 0.717) is 25.1 Å². The molecule has 1 aromatic rings. The van der Waals surface area contributed by atoms with Gasteiger partial charge in [0, 0.05) is 0 Å². The van der Waals surface area contributed by atoms with Gasteiger partial charge in [-0.25, -0.2) is 4.68 Å². The molecule has 1 unspecified atom stereocenters. The Balaban J connectivity index is 1.78. The van der Waals surface area contributed by atoms with Crippen molar-refractivity contribution in [2.45, 2.75) is 50.6 Å². The van der Waals surface area contributed by atoms with Crippen LogP contribution in [0.25, 0.3) is 0 Å². The average molecular weight is 245 g/mol. The number of alkyl halides is 1. The van der Waals surface area contributed by atoms with Crippen LogP contribution in [0.1, 0.15) is 43.8 Å². The minimum absolute atomic E-state index is 0.165. The highest BCUT2D eigenvalue weighted by atomic mass is 35.5. The maximum atomic E-state index is 5.95. The summed E-state index contributed by atoms with van der Waals surface area (Å²) in [7, 11) is 0. The van der Waals surface area contributed by atoms with Gasteiger partial charge in [-0.15, -0.1) is 16.7 Å². The zero-order chi connectivity index (χ0) is 11.4. The molecule has 1 aliphatic rings. The Hall–Kier alpha value is -0.680. The van der Waals surface area contributed by atoms with Crippen molar-refractivity contribution >= 4 is 11.6 Å². The third-order valence-corrected chi connectivity index (χ3v) is 3.07. The van der Waals surface area contributed by atoms with Crippen molar-refractivity contribution < 1.29 is 4.74 Å².